The fourth-order valence-electron chi connectivity index (χ4n) is 1.01. The van der Waals surface area contributed by atoms with Crippen LogP contribution in [0.25, 0.3) is 0 Å². The molecule has 0 saturated carbocycles. The topological polar surface area (TPSA) is 68.0 Å². The minimum absolute atomic E-state index is 0. The van der Waals surface area contributed by atoms with Gasteiger partial charge in [0.15, 0.2) is 0 Å². The number of carbonyl (C=O) groups excluding carboxylic acids is 1. The molecule has 1 aromatic rings. The highest BCUT2D eigenvalue weighted by molar-refractivity contribution is 7.07. The van der Waals surface area contributed by atoms with Crippen LogP contribution in [0.4, 0.5) is 0 Å². The Hall–Kier alpha value is -0.360. The summed E-state index contributed by atoms with van der Waals surface area (Å²) in [5.74, 6) is -0.129. The summed E-state index contributed by atoms with van der Waals surface area (Å²) in [7, 11) is 0. The number of nitrogens with two attached hydrogens (primary N) is 1. The van der Waals surface area contributed by atoms with Gasteiger partial charge in [0, 0.05) is 5.38 Å². The van der Waals surface area contributed by atoms with E-state index in [1.165, 1.54) is 11.3 Å². The molecular weight excluding hydrogens is 281 g/mol. The molecule has 0 fully saturated rings. The van der Waals surface area contributed by atoms with Crippen LogP contribution >= 0.6 is 36.2 Å². The predicted molar refractivity (Wildman–Crippen MR) is 75.9 cm³/mol. The number of carbonyl (C=O) groups is 1. The Morgan fingerprint density at radius 3 is 2.53 bits per heavy atom. The first kappa shape index (κ1) is 19.0. The van der Waals surface area contributed by atoms with Crippen molar-refractivity contribution in [1.82, 2.24) is 10.3 Å². The Morgan fingerprint density at radius 1 is 1.53 bits per heavy atom. The third kappa shape index (κ3) is 6.21. The van der Waals surface area contributed by atoms with Crippen LogP contribution in [0.15, 0.2) is 10.9 Å². The summed E-state index contributed by atoms with van der Waals surface area (Å²) in [5, 5.41) is 4.68. The first-order valence-electron chi connectivity index (χ1n) is 4.81. The van der Waals surface area contributed by atoms with E-state index in [9.17, 15) is 4.79 Å². The quantitative estimate of drug-likeness (QED) is 0.897. The summed E-state index contributed by atoms with van der Waals surface area (Å²) in [6.07, 6.45) is 0. The molecule has 0 saturated heterocycles. The highest BCUT2D eigenvalue weighted by atomic mass is 35.5. The smallest absolute Gasteiger partial charge is 0.237 e. The lowest BCUT2D eigenvalue weighted by Gasteiger charge is -2.25. The van der Waals surface area contributed by atoms with Gasteiger partial charge in [-0.05, 0) is 5.41 Å². The van der Waals surface area contributed by atoms with E-state index in [0.717, 1.165) is 5.69 Å². The number of hydrogen-bond acceptors (Lipinski definition) is 4. The minimum atomic E-state index is -0.490. The summed E-state index contributed by atoms with van der Waals surface area (Å²) in [5.41, 5.74) is 8.20. The van der Waals surface area contributed by atoms with Gasteiger partial charge < -0.3 is 11.1 Å². The maximum absolute atomic E-state index is 11.6. The summed E-state index contributed by atoms with van der Waals surface area (Å²) in [6, 6.07) is -0.490. The number of aromatic nitrogens is 1. The number of nitrogens with one attached hydrogen (secondary N) is 1. The van der Waals surface area contributed by atoms with E-state index >= 15 is 0 Å². The van der Waals surface area contributed by atoms with Gasteiger partial charge in [-0.2, -0.15) is 0 Å². The van der Waals surface area contributed by atoms with Crippen LogP contribution in [0.3, 0.4) is 0 Å². The van der Waals surface area contributed by atoms with Crippen molar-refractivity contribution in [2.45, 2.75) is 33.4 Å². The van der Waals surface area contributed by atoms with E-state index in [4.69, 9.17) is 5.73 Å². The van der Waals surface area contributed by atoms with Crippen LogP contribution < -0.4 is 11.1 Å². The molecule has 0 aliphatic rings. The summed E-state index contributed by atoms with van der Waals surface area (Å²) in [6.45, 7) is 6.28. The number of halogens is 2. The van der Waals surface area contributed by atoms with Gasteiger partial charge in [-0.25, -0.2) is 4.98 Å². The van der Waals surface area contributed by atoms with Crippen LogP contribution in [0, 0.1) is 5.41 Å². The van der Waals surface area contributed by atoms with Crippen LogP contribution in [0.5, 0.6) is 0 Å². The maximum atomic E-state index is 11.6. The molecule has 0 spiro atoms. The second-order valence-corrected chi connectivity index (χ2v) is 5.26. The molecule has 1 rings (SSSR count). The van der Waals surface area contributed by atoms with Crippen molar-refractivity contribution < 1.29 is 4.79 Å². The third-order valence-corrected chi connectivity index (χ3v) is 2.78. The van der Waals surface area contributed by atoms with Gasteiger partial charge in [-0.1, -0.05) is 20.8 Å². The van der Waals surface area contributed by atoms with Crippen LogP contribution in [0.1, 0.15) is 26.5 Å². The molecular formula is C10H19Cl2N3OS. The number of hydrogen-bond donors (Lipinski definition) is 2. The van der Waals surface area contributed by atoms with Crippen molar-refractivity contribution in [2.24, 2.45) is 11.1 Å². The molecule has 4 nitrogen and oxygen atoms in total. The Kier molecular flexibility index (Phi) is 8.79. The molecule has 17 heavy (non-hydrogen) atoms. The number of thiazole rings is 1. The zero-order valence-corrected chi connectivity index (χ0v) is 12.5. The zero-order valence-electron chi connectivity index (χ0n) is 10.1. The highest BCUT2D eigenvalue weighted by Gasteiger charge is 2.27. The van der Waals surface area contributed by atoms with E-state index in [-0.39, 0.29) is 36.1 Å². The van der Waals surface area contributed by atoms with Gasteiger partial charge in [0.05, 0.1) is 23.8 Å². The molecule has 1 atom stereocenters. The normalized spacial score (nSPS) is 12.0. The van der Waals surface area contributed by atoms with Crippen LogP contribution in [-0.4, -0.2) is 16.9 Å². The van der Waals surface area contributed by atoms with Gasteiger partial charge in [0.1, 0.15) is 0 Å². The molecule has 0 aromatic carbocycles. The van der Waals surface area contributed by atoms with Gasteiger partial charge >= 0.3 is 0 Å². The second-order valence-electron chi connectivity index (χ2n) is 4.54. The Morgan fingerprint density at radius 2 is 2.12 bits per heavy atom. The zero-order chi connectivity index (χ0) is 11.5. The molecule has 1 amide bonds. The standard InChI is InChI=1S/C10H17N3OS.2ClH/c1-10(2,3)8(11)9(14)12-4-7-5-15-6-13-7;;/h5-6,8H,4,11H2,1-3H3,(H,12,14);2*1H/t8-;;/m1../s1. The first-order valence-corrected chi connectivity index (χ1v) is 5.76. The Labute approximate surface area is 118 Å². The minimum Gasteiger partial charge on any atom is -0.349 e. The van der Waals surface area contributed by atoms with Crippen molar-refractivity contribution in [2.75, 3.05) is 0 Å². The molecule has 100 valence electrons. The lowest BCUT2D eigenvalue weighted by Crippen LogP contribution is -2.48. The summed E-state index contributed by atoms with van der Waals surface area (Å²) in [4.78, 5) is 15.7. The van der Waals surface area contributed by atoms with Gasteiger partial charge in [-0.15, -0.1) is 36.2 Å². The average Bonchev–Trinajstić information content (AvgIpc) is 2.63. The lowest BCUT2D eigenvalue weighted by atomic mass is 9.87. The highest BCUT2D eigenvalue weighted by Crippen LogP contribution is 2.17. The number of amides is 1. The van der Waals surface area contributed by atoms with E-state index < -0.39 is 6.04 Å². The van der Waals surface area contributed by atoms with Crippen molar-refractivity contribution in [3.63, 3.8) is 0 Å². The molecule has 1 aromatic heterocycles. The van der Waals surface area contributed by atoms with Gasteiger partial charge in [0.2, 0.25) is 5.91 Å². The fourth-order valence-corrected chi connectivity index (χ4v) is 1.56. The predicted octanol–water partition coefficient (Wildman–Crippen LogP) is 1.98. The Balaban J connectivity index is 0. The van der Waals surface area contributed by atoms with Crippen molar-refractivity contribution >= 4 is 42.1 Å². The number of rotatable bonds is 3. The molecule has 1 heterocycles. The van der Waals surface area contributed by atoms with E-state index in [1.54, 1.807) is 5.51 Å². The van der Waals surface area contributed by atoms with Crippen LogP contribution in [0.2, 0.25) is 0 Å². The molecule has 0 bridgehead atoms. The summed E-state index contributed by atoms with van der Waals surface area (Å²) >= 11 is 1.51. The van der Waals surface area contributed by atoms with E-state index in [0.29, 0.717) is 6.54 Å². The SMILES string of the molecule is CC(C)(C)[C@H](N)C(=O)NCc1cscn1.Cl.Cl. The van der Waals surface area contributed by atoms with Gasteiger partial charge in [-0.3, -0.25) is 4.79 Å². The largest absolute Gasteiger partial charge is 0.349 e. The van der Waals surface area contributed by atoms with Gasteiger partial charge in [0.25, 0.3) is 0 Å². The molecule has 0 unspecified atom stereocenters. The molecule has 0 radical (unpaired) electrons. The molecule has 3 N–H and O–H groups in total. The van der Waals surface area contributed by atoms with E-state index in [1.807, 2.05) is 26.2 Å². The van der Waals surface area contributed by atoms with Crippen molar-refractivity contribution in [3.05, 3.63) is 16.6 Å². The molecule has 7 heteroatoms. The summed E-state index contributed by atoms with van der Waals surface area (Å²) < 4.78 is 0. The molecule has 0 aliphatic heterocycles. The molecule has 0 aliphatic carbocycles. The van der Waals surface area contributed by atoms with Crippen molar-refractivity contribution in [3.8, 4) is 0 Å². The first-order chi connectivity index (χ1) is 6.91. The lowest BCUT2D eigenvalue weighted by molar-refractivity contribution is -0.124. The maximum Gasteiger partial charge on any atom is 0.237 e. The monoisotopic (exact) mass is 299 g/mol. The fraction of sp³-hybridized carbons (Fsp3) is 0.600. The Bertz CT molecular complexity index is 325. The third-order valence-electron chi connectivity index (χ3n) is 2.14. The number of nitrogens with zero attached hydrogens (tertiary/aromatic N) is 1. The van der Waals surface area contributed by atoms with E-state index in [2.05, 4.69) is 10.3 Å². The second kappa shape index (κ2) is 7.87. The average molecular weight is 300 g/mol. The van der Waals surface area contributed by atoms with Crippen molar-refractivity contribution in [1.29, 1.82) is 0 Å². The van der Waals surface area contributed by atoms with Crippen LogP contribution in [-0.2, 0) is 11.3 Å².